The summed E-state index contributed by atoms with van der Waals surface area (Å²) < 4.78 is 11.1. The van der Waals surface area contributed by atoms with Crippen LogP contribution in [0.5, 0.6) is 11.5 Å². The van der Waals surface area contributed by atoms with Gasteiger partial charge in [-0.2, -0.15) is 0 Å². The van der Waals surface area contributed by atoms with Gasteiger partial charge in [-0.25, -0.2) is 0 Å². The molecule has 0 aliphatic heterocycles. The van der Waals surface area contributed by atoms with Crippen LogP contribution in [-0.4, -0.2) is 37.6 Å². The van der Waals surface area contributed by atoms with Crippen LogP contribution in [-0.2, 0) is 6.61 Å². The Bertz CT molecular complexity index is 702. The number of nitro groups is 1. The van der Waals surface area contributed by atoms with Crippen LogP contribution in [0, 0.1) is 16.5 Å². The van der Waals surface area contributed by atoms with Crippen LogP contribution < -0.4 is 9.47 Å². The molecule has 0 saturated carbocycles. The van der Waals surface area contributed by atoms with Crippen LogP contribution in [0.2, 0.25) is 0 Å². The molecule has 0 saturated heterocycles. The summed E-state index contributed by atoms with van der Waals surface area (Å²) >= 11 is 0. The Kier molecular flexibility index (Phi) is 6.77. The number of nitrogens with zero attached hydrogens (tertiary/aromatic N) is 2. The molecule has 0 atom stereocenters. The summed E-state index contributed by atoms with van der Waals surface area (Å²) in [5.74, 6) is 0.848. The second-order valence-electron chi connectivity index (χ2n) is 5.89. The van der Waals surface area contributed by atoms with Gasteiger partial charge in [-0.05, 0) is 45.1 Å². The van der Waals surface area contributed by atoms with E-state index in [2.05, 4.69) is 0 Å². The minimum atomic E-state index is -0.393. The summed E-state index contributed by atoms with van der Waals surface area (Å²) in [4.78, 5) is 13.1. The number of ether oxygens (including phenoxy) is 2. The maximum absolute atomic E-state index is 11.4. The summed E-state index contributed by atoms with van der Waals surface area (Å²) in [6.07, 6.45) is 2.56. The lowest BCUT2D eigenvalue weighted by Gasteiger charge is -2.14. The van der Waals surface area contributed by atoms with Crippen molar-refractivity contribution in [3.8, 4) is 11.5 Å². The zero-order valence-electron chi connectivity index (χ0n) is 14.8. The lowest BCUT2D eigenvalue weighted by Crippen LogP contribution is -2.13. The van der Waals surface area contributed by atoms with Crippen LogP contribution >= 0.6 is 0 Å². The highest BCUT2D eigenvalue weighted by Crippen LogP contribution is 2.36. The molecule has 0 fully saturated rings. The highest BCUT2D eigenvalue weighted by atomic mass is 16.6. The predicted octanol–water partition coefficient (Wildman–Crippen LogP) is 3.69. The van der Waals surface area contributed by atoms with Crippen molar-refractivity contribution in [3.63, 3.8) is 0 Å². The molecule has 0 bridgehead atoms. The first-order valence-corrected chi connectivity index (χ1v) is 8.02. The van der Waals surface area contributed by atoms with E-state index in [1.807, 2.05) is 55.7 Å². The molecule has 2 aromatic carbocycles. The quantitative estimate of drug-likeness (QED) is 0.513. The lowest BCUT2D eigenvalue weighted by atomic mass is 10.1. The van der Waals surface area contributed by atoms with Gasteiger partial charge in [0.15, 0.2) is 11.5 Å². The standard InChI is InChI=1S/C19H23N2O4/c1-20(2)11-7-10-16-12-18(24-3)19(13-17(16)21(22)23)25-14-15-8-5-4-6-9-15/h4-6,8-10,12-13H,7,11,14H2,1-3H3. The Labute approximate surface area is 148 Å². The molecule has 0 N–H and O–H groups in total. The third-order valence-corrected chi connectivity index (χ3v) is 3.69. The fourth-order valence-electron chi connectivity index (χ4n) is 2.37. The van der Waals surface area contributed by atoms with Gasteiger partial charge in [-0.3, -0.25) is 10.1 Å². The van der Waals surface area contributed by atoms with E-state index in [4.69, 9.17) is 9.47 Å². The molecule has 0 spiro atoms. The van der Waals surface area contributed by atoms with Gasteiger partial charge in [-0.15, -0.1) is 0 Å². The molecule has 0 aliphatic rings. The number of rotatable bonds is 9. The molecular weight excluding hydrogens is 320 g/mol. The van der Waals surface area contributed by atoms with Crippen molar-refractivity contribution in [3.05, 3.63) is 70.1 Å². The molecule has 2 aromatic rings. The van der Waals surface area contributed by atoms with E-state index in [-0.39, 0.29) is 5.69 Å². The van der Waals surface area contributed by atoms with Crippen molar-refractivity contribution in [2.75, 3.05) is 27.7 Å². The molecule has 133 valence electrons. The van der Waals surface area contributed by atoms with Gasteiger partial charge >= 0.3 is 0 Å². The molecule has 0 heterocycles. The highest BCUT2D eigenvalue weighted by Gasteiger charge is 2.20. The molecule has 6 nitrogen and oxygen atoms in total. The molecule has 0 amide bonds. The topological polar surface area (TPSA) is 64.8 Å². The molecule has 2 rings (SSSR count). The van der Waals surface area contributed by atoms with Crippen molar-refractivity contribution < 1.29 is 14.4 Å². The fraction of sp³-hybridized carbons (Fsp3) is 0.316. The van der Waals surface area contributed by atoms with E-state index in [1.165, 1.54) is 13.2 Å². The first-order valence-electron chi connectivity index (χ1n) is 8.02. The largest absolute Gasteiger partial charge is 0.493 e. The average molecular weight is 343 g/mol. The Morgan fingerprint density at radius 2 is 1.88 bits per heavy atom. The van der Waals surface area contributed by atoms with Gasteiger partial charge in [0.25, 0.3) is 5.69 Å². The van der Waals surface area contributed by atoms with Crippen LogP contribution in [0.3, 0.4) is 0 Å². The number of hydrogen-bond donors (Lipinski definition) is 0. The zero-order chi connectivity index (χ0) is 18.2. The molecule has 6 heteroatoms. The van der Waals surface area contributed by atoms with Crippen molar-refractivity contribution in [1.82, 2.24) is 4.90 Å². The smallest absolute Gasteiger partial charge is 0.276 e. The summed E-state index contributed by atoms with van der Waals surface area (Å²) in [5.41, 5.74) is 1.53. The molecule has 0 aliphatic carbocycles. The van der Waals surface area contributed by atoms with Gasteiger partial charge in [0, 0.05) is 5.56 Å². The summed E-state index contributed by atoms with van der Waals surface area (Å²) in [7, 11) is 5.45. The lowest BCUT2D eigenvalue weighted by molar-refractivity contribution is -0.385. The van der Waals surface area contributed by atoms with Crippen molar-refractivity contribution in [2.24, 2.45) is 0 Å². The fourth-order valence-corrected chi connectivity index (χ4v) is 2.37. The number of benzene rings is 2. The zero-order valence-corrected chi connectivity index (χ0v) is 14.8. The minimum Gasteiger partial charge on any atom is -0.493 e. The van der Waals surface area contributed by atoms with Crippen LogP contribution in [0.4, 0.5) is 5.69 Å². The first kappa shape index (κ1) is 18.7. The van der Waals surface area contributed by atoms with Gasteiger partial charge in [0.05, 0.1) is 18.1 Å². The Hall–Kier alpha value is -2.60. The van der Waals surface area contributed by atoms with E-state index < -0.39 is 4.92 Å². The molecular formula is C19H23N2O4. The third kappa shape index (κ3) is 5.46. The van der Waals surface area contributed by atoms with E-state index >= 15 is 0 Å². The monoisotopic (exact) mass is 343 g/mol. The SMILES string of the molecule is COc1cc([CH]CCN(C)C)c([N+](=O)[O-])cc1OCc1ccccc1. The maximum Gasteiger partial charge on any atom is 0.276 e. The summed E-state index contributed by atoms with van der Waals surface area (Å²) in [6, 6.07) is 12.7. The van der Waals surface area contributed by atoms with Gasteiger partial charge in [0.2, 0.25) is 0 Å². The molecule has 0 unspecified atom stereocenters. The van der Waals surface area contributed by atoms with Gasteiger partial charge in [0.1, 0.15) is 6.61 Å². The van der Waals surface area contributed by atoms with Crippen molar-refractivity contribution in [1.29, 1.82) is 0 Å². The predicted molar refractivity (Wildman–Crippen MR) is 97.0 cm³/mol. The number of hydrogen-bond acceptors (Lipinski definition) is 5. The third-order valence-electron chi connectivity index (χ3n) is 3.69. The van der Waals surface area contributed by atoms with E-state index in [9.17, 15) is 10.1 Å². The second kappa shape index (κ2) is 9.03. The molecule has 25 heavy (non-hydrogen) atoms. The van der Waals surface area contributed by atoms with Gasteiger partial charge < -0.3 is 14.4 Å². The maximum atomic E-state index is 11.4. The first-order chi connectivity index (χ1) is 12.0. The second-order valence-corrected chi connectivity index (χ2v) is 5.89. The van der Waals surface area contributed by atoms with Crippen LogP contribution in [0.15, 0.2) is 42.5 Å². The Morgan fingerprint density at radius 1 is 1.16 bits per heavy atom. The highest BCUT2D eigenvalue weighted by molar-refractivity contribution is 5.56. The van der Waals surface area contributed by atoms with Crippen LogP contribution in [0.1, 0.15) is 17.5 Å². The Balaban J connectivity index is 2.21. The van der Waals surface area contributed by atoms with Crippen LogP contribution in [0.25, 0.3) is 0 Å². The van der Waals surface area contributed by atoms with Gasteiger partial charge in [-0.1, -0.05) is 30.3 Å². The average Bonchev–Trinajstić information content (AvgIpc) is 2.60. The molecule has 1 radical (unpaired) electrons. The normalized spacial score (nSPS) is 10.7. The van der Waals surface area contributed by atoms with E-state index in [1.54, 1.807) is 6.07 Å². The van der Waals surface area contributed by atoms with E-state index in [0.29, 0.717) is 30.1 Å². The molecule has 0 aromatic heterocycles. The summed E-state index contributed by atoms with van der Waals surface area (Å²) in [5, 5.41) is 11.4. The summed E-state index contributed by atoms with van der Waals surface area (Å²) in [6.45, 7) is 1.13. The minimum absolute atomic E-state index is 0.0163. The van der Waals surface area contributed by atoms with E-state index in [0.717, 1.165) is 12.1 Å². The Morgan fingerprint density at radius 3 is 2.48 bits per heavy atom. The van der Waals surface area contributed by atoms with Crippen molar-refractivity contribution >= 4 is 5.69 Å². The van der Waals surface area contributed by atoms with Crippen molar-refractivity contribution in [2.45, 2.75) is 13.0 Å². The number of methoxy groups -OCH3 is 1. The number of nitro benzene ring substituents is 1.